The molecule has 0 aliphatic heterocycles. The molecule has 1 aromatic carbocycles. The third-order valence-corrected chi connectivity index (χ3v) is 6.16. The minimum atomic E-state index is -0.119. The lowest BCUT2D eigenvalue weighted by atomic mass is 9.96. The van der Waals surface area contributed by atoms with Crippen molar-refractivity contribution < 1.29 is 4.79 Å². The van der Waals surface area contributed by atoms with Gasteiger partial charge in [-0.1, -0.05) is 32.0 Å². The van der Waals surface area contributed by atoms with Crippen LogP contribution in [0.2, 0.25) is 0 Å². The van der Waals surface area contributed by atoms with Gasteiger partial charge in [-0.15, -0.1) is 0 Å². The molecular formula is C28H34N8O. The van der Waals surface area contributed by atoms with Crippen LogP contribution in [-0.2, 0) is 0 Å². The van der Waals surface area contributed by atoms with Crippen LogP contribution in [0.5, 0.6) is 0 Å². The summed E-state index contributed by atoms with van der Waals surface area (Å²) in [7, 11) is 1.63. The average Bonchev–Trinajstić information content (AvgIpc) is 2.95. The van der Waals surface area contributed by atoms with Crippen molar-refractivity contribution in [3.8, 4) is 11.3 Å². The summed E-state index contributed by atoms with van der Waals surface area (Å²) in [5, 5.41) is 13.7. The maximum Gasteiger partial charge on any atom is 0.251 e. The Hall–Kier alpha value is -4.11. The Labute approximate surface area is 217 Å². The van der Waals surface area contributed by atoms with E-state index in [4.69, 9.17) is 0 Å². The Morgan fingerprint density at radius 1 is 0.946 bits per heavy atom. The summed E-state index contributed by atoms with van der Waals surface area (Å²) in [6, 6.07) is 13.6. The summed E-state index contributed by atoms with van der Waals surface area (Å²) in [6.45, 7) is 7.68. The van der Waals surface area contributed by atoms with Crippen molar-refractivity contribution in [3.63, 3.8) is 0 Å². The second-order valence-corrected chi connectivity index (χ2v) is 8.86. The third kappa shape index (κ3) is 6.56. The molecule has 0 spiro atoms. The zero-order chi connectivity index (χ0) is 26.0. The Kier molecular flexibility index (Phi) is 8.93. The molecule has 4 aromatic rings. The highest BCUT2D eigenvalue weighted by Gasteiger charge is 2.15. The van der Waals surface area contributed by atoms with Crippen LogP contribution in [0, 0.1) is 0 Å². The summed E-state index contributed by atoms with van der Waals surface area (Å²) in [5.41, 5.74) is 4.26. The van der Waals surface area contributed by atoms with Crippen molar-refractivity contribution >= 4 is 28.4 Å². The van der Waals surface area contributed by atoms with Crippen LogP contribution in [0.1, 0.15) is 42.1 Å². The number of rotatable bonds is 12. The van der Waals surface area contributed by atoms with Gasteiger partial charge in [-0.3, -0.25) is 9.78 Å². The van der Waals surface area contributed by atoms with Crippen molar-refractivity contribution in [2.75, 3.05) is 43.9 Å². The molecule has 4 N–H and O–H groups in total. The Balaban J connectivity index is 1.41. The number of carbonyl (C=O) groups is 1. The number of hydrogen-bond acceptors (Lipinski definition) is 8. The zero-order valence-electron chi connectivity index (χ0n) is 21.6. The van der Waals surface area contributed by atoms with Gasteiger partial charge in [0.05, 0.1) is 16.8 Å². The van der Waals surface area contributed by atoms with Gasteiger partial charge in [-0.2, -0.15) is 0 Å². The van der Waals surface area contributed by atoms with Crippen LogP contribution in [0.15, 0.2) is 61.2 Å². The molecule has 3 heterocycles. The van der Waals surface area contributed by atoms with E-state index in [0.29, 0.717) is 12.1 Å². The van der Waals surface area contributed by atoms with Gasteiger partial charge in [0.15, 0.2) is 0 Å². The van der Waals surface area contributed by atoms with E-state index >= 15 is 0 Å². The number of amides is 1. The smallest absolute Gasteiger partial charge is 0.251 e. The fraction of sp³-hybridized carbons (Fsp3) is 0.321. The number of pyridine rings is 2. The minimum absolute atomic E-state index is 0.119. The van der Waals surface area contributed by atoms with Gasteiger partial charge in [0.25, 0.3) is 5.91 Å². The summed E-state index contributed by atoms with van der Waals surface area (Å²) < 4.78 is 0. The monoisotopic (exact) mass is 498 g/mol. The van der Waals surface area contributed by atoms with E-state index in [1.807, 2.05) is 36.5 Å². The first kappa shape index (κ1) is 26.0. The lowest BCUT2D eigenvalue weighted by molar-refractivity contribution is 0.0964. The number of nitrogens with zero attached hydrogens (tertiary/aromatic N) is 4. The Morgan fingerprint density at radius 2 is 1.84 bits per heavy atom. The van der Waals surface area contributed by atoms with E-state index in [9.17, 15) is 4.79 Å². The number of anilines is 2. The standard InChI is InChI=1S/C28H34N8O/c1-4-11-30-13-14-31-25-9-8-20(17-34-25)24-15-26(36-18-35-24)33-16-19(2)21-6-5-7-22-23(28(37)29-3)10-12-32-27(21)22/h5-10,12,15,17-19,30H,4,11,13-14,16H2,1-3H3,(H,29,37)(H,31,34)(H,33,35,36)/t19-/m1/s1. The Bertz CT molecular complexity index is 1330. The van der Waals surface area contributed by atoms with Gasteiger partial charge in [0.1, 0.15) is 18.0 Å². The van der Waals surface area contributed by atoms with E-state index < -0.39 is 0 Å². The molecule has 9 nitrogen and oxygen atoms in total. The van der Waals surface area contributed by atoms with Crippen LogP contribution in [0.3, 0.4) is 0 Å². The van der Waals surface area contributed by atoms with Crippen molar-refractivity contribution in [1.82, 2.24) is 30.6 Å². The SMILES string of the molecule is CCCNCCNc1ccc(-c2cc(NC[C@@H](C)c3cccc4c(C(=O)NC)ccnc34)ncn2)cn1. The molecule has 0 radical (unpaired) electrons. The summed E-state index contributed by atoms with van der Waals surface area (Å²) in [6.07, 6.45) is 6.19. The number of aromatic nitrogens is 4. The number of carbonyl (C=O) groups excluding carboxylic acids is 1. The maximum absolute atomic E-state index is 12.3. The highest BCUT2D eigenvalue weighted by Crippen LogP contribution is 2.27. The molecule has 0 saturated carbocycles. The third-order valence-electron chi connectivity index (χ3n) is 6.16. The molecule has 0 saturated heterocycles. The number of nitrogens with one attached hydrogen (secondary N) is 4. The molecule has 1 amide bonds. The highest BCUT2D eigenvalue weighted by atomic mass is 16.1. The molecule has 192 valence electrons. The first-order valence-corrected chi connectivity index (χ1v) is 12.7. The molecule has 1 atom stereocenters. The van der Waals surface area contributed by atoms with Crippen molar-refractivity contribution in [3.05, 3.63) is 72.3 Å². The van der Waals surface area contributed by atoms with E-state index in [1.165, 1.54) is 0 Å². The highest BCUT2D eigenvalue weighted by molar-refractivity contribution is 6.06. The van der Waals surface area contributed by atoms with Crippen LogP contribution >= 0.6 is 0 Å². The first-order chi connectivity index (χ1) is 18.1. The molecule has 0 aliphatic rings. The van der Waals surface area contributed by atoms with Gasteiger partial charge < -0.3 is 21.3 Å². The molecule has 0 unspecified atom stereocenters. The maximum atomic E-state index is 12.3. The van der Waals surface area contributed by atoms with Crippen molar-refractivity contribution in [2.45, 2.75) is 26.2 Å². The predicted octanol–water partition coefficient (Wildman–Crippen LogP) is 4.07. The van der Waals surface area contributed by atoms with Crippen molar-refractivity contribution in [1.29, 1.82) is 0 Å². The second kappa shape index (κ2) is 12.7. The van der Waals surface area contributed by atoms with Crippen molar-refractivity contribution in [2.24, 2.45) is 0 Å². The van der Waals surface area contributed by atoms with Gasteiger partial charge >= 0.3 is 0 Å². The lowest BCUT2D eigenvalue weighted by Gasteiger charge is -2.16. The molecular weight excluding hydrogens is 464 g/mol. The normalized spacial score (nSPS) is 11.8. The molecule has 4 rings (SSSR count). The molecule has 37 heavy (non-hydrogen) atoms. The summed E-state index contributed by atoms with van der Waals surface area (Å²) >= 11 is 0. The van der Waals surface area contributed by atoms with Crippen LogP contribution < -0.4 is 21.3 Å². The van der Waals surface area contributed by atoms with Crippen LogP contribution in [0.4, 0.5) is 11.6 Å². The first-order valence-electron chi connectivity index (χ1n) is 12.7. The van der Waals surface area contributed by atoms with Crippen LogP contribution in [-0.4, -0.2) is 59.1 Å². The lowest BCUT2D eigenvalue weighted by Crippen LogP contribution is -2.22. The van der Waals surface area contributed by atoms with E-state index in [2.05, 4.69) is 61.1 Å². The van der Waals surface area contributed by atoms with Gasteiger partial charge in [-0.25, -0.2) is 15.0 Å². The molecule has 0 aliphatic carbocycles. The topological polar surface area (TPSA) is 117 Å². The molecule has 0 bridgehead atoms. The van der Waals surface area contributed by atoms with Gasteiger partial charge in [-0.05, 0) is 36.7 Å². The fourth-order valence-corrected chi connectivity index (χ4v) is 4.14. The molecule has 0 fully saturated rings. The van der Waals surface area contributed by atoms with Gasteiger partial charge in [0.2, 0.25) is 0 Å². The van der Waals surface area contributed by atoms with E-state index in [1.54, 1.807) is 25.6 Å². The van der Waals surface area contributed by atoms with E-state index in [0.717, 1.165) is 65.4 Å². The predicted molar refractivity (Wildman–Crippen MR) is 149 cm³/mol. The molecule has 3 aromatic heterocycles. The largest absolute Gasteiger partial charge is 0.369 e. The quantitative estimate of drug-likeness (QED) is 0.216. The summed E-state index contributed by atoms with van der Waals surface area (Å²) in [5.74, 6) is 1.59. The van der Waals surface area contributed by atoms with E-state index in [-0.39, 0.29) is 11.8 Å². The zero-order valence-corrected chi connectivity index (χ0v) is 21.6. The Morgan fingerprint density at radius 3 is 2.62 bits per heavy atom. The van der Waals surface area contributed by atoms with Crippen LogP contribution in [0.25, 0.3) is 22.2 Å². The minimum Gasteiger partial charge on any atom is -0.369 e. The average molecular weight is 499 g/mol. The second-order valence-electron chi connectivity index (χ2n) is 8.86. The molecule has 9 heteroatoms. The number of hydrogen-bond donors (Lipinski definition) is 4. The number of fused-ring (bicyclic) bond motifs is 1. The number of benzene rings is 1. The van der Waals surface area contributed by atoms with Gasteiger partial charge in [0, 0.05) is 62.0 Å². The summed E-state index contributed by atoms with van der Waals surface area (Å²) in [4.78, 5) is 30.2. The fourth-order valence-electron chi connectivity index (χ4n) is 4.14. The number of para-hydroxylation sites is 1.